The molecule has 0 aliphatic heterocycles. The topological polar surface area (TPSA) is 97.7 Å². The van der Waals surface area contributed by atoms with E-state index in [0.717, 1.165) is 6.29 Å². The number of hydrogen-bond donors (Lipinski definition) is 1. The number of benzene rings is 2. The zero-order valence-corrected chi connectivity index (χ0v) is 13.0. The van der Waals surface area contributed by atoms with E-state index in [9.17, 15) is 19.2 Å². The summed E-state index contributed by atoms with van der Waals surface area (Å²) in [6.45, 7) is 2.10. The predicted octanol–water partition coefficient (Wildman–Crippen LogP) is 2.87. The maximum Gasteiger partial charge on any atom is 0.338 e. The van der Waals surface area contributed by atoms with Gasteiger partial charge in [-0.15, -0.1) is 0 Å². The van der Waals surface area contributed by atoms with Gasteiger partial charge in [0.2, 0.25) is 0 Å². The molecule has 0 saturated carbocycles. The van der Waals surface area contributed by atoms with Crippen molar-refractivity contribution in [2.45, 2.75) is 6.92 Å². The third-order valence-electron chi connectivity index (χ3n) is 2.85. The van der Waals surface area contributed by atoms with Crippen molar-refractivity contribution in [1.29, 1.82) is 0 Å². The van der Waals surface area contributed by atoms with Crippen molar-refractivity contribution in [1.82, 2.24) is 0 Å². The maximum absolute atomic E-state index is 11.1. The summed E-state index contributed by atoms with van der Waals surface area (Å²) in [4.78, 5) is 41.9. The summed E-state index contributed by atoms with van der Waals surface area (Å²) in [6.07, 6.45) is 1.40. The molecule has 0 amide bonds. The Labute approximate surface area is 138 Å². The van der Waals surface area contributed by atoms with Crippen LogP contribution < -0.4 is 0 Å². The fourth-order valence-electron chi connectivity index (χ4n) is 1.62. The average Bonchev–Trinajstić information content (AvgIpc) is 2.62. The molecule has 6 heteroatoms. The lowest BCUT2D eigenvalue weighted by molar-refractivity contribution is 0.0525. The summed E-state index contributed by atoms with van der Waals surface area (Å²) < 4.78 is 4.77. The molecule has 2 aromatic rings. The van der Waals surface area contributed by atoms with Gasteiger partial charge in [0.25, 0.3) is 0 Å². The van der Waals surface area contributed by atoms with Crippen molar-refractivity contribution >= 4 is 24.5 Å². The number of hydrogen-bond acceptors (Lipinski definition) is 5. The number of carbonyl (C=O) groups excluding carboxylic acids is 3. The van der Waals surface area contributed by atoms with E-state index in [1.54, 1.807) is 31.2 Å². The fraction of sp³-hybridized carbons (Fsp3) is 0.111. The van der Waals surface area contributed by atoms with Gasteiger partial charge in [0.1, 0.15) is 12.6 Å². The molecule has 0 unspecified atom stereocenters. The van der Waals surface area contributed by atoms with Gasteiger partial charge < -0.3 is 9.84 Å². The Morgan fingerprint density at radius 3 is 1.62 bits per heavy atom. The second kappa shape index (κ2) is 9.68. The van der Waals surface area contributed by atoms with E-state index < -0.39 is 5.97 Å². The van der Waals surface area contributed by atoms with Crippen LogP contribution in [0, 0.1) is 0 Å². The Morgan fingerprint density at radius 1 is 0.875 bits per heavy atom. The molecule has 2 aromatic carbocycles. The zero-order valence-electron chi connectivity index (χ0n) is 13.0. The van der Waals surface area contributed by atoms with E-state index in [1.807, 2.05) is 0 Å². The van der Waals surface area contributed by atoms with E-state index in [0.29, 0.717) is 29.6 Å². The first kappa shape index (κ1) is 18.8. The molecule has 0 aliphatic rings. The van der Waals surface area contributed by atoms with Crippen molar-refractivity contribution in [2.75, 3.05) is 6.61 Å². The minimum atomic E-state index is -0.984. The summed E-state index contributed by atoms with van der Waals surface area (Å²) in [6, 6.07) is 12.0. The number of rotatable bonds is 5. The number of carboxylic acid groups (broad SMARTS) is 1. The lowest BCUT2D eigenvalue weighted by atomic mass is 10.1. The molecule has 2 rings (SSSR count). The van der Waals surface area contributed by atoms with Gasteiger partial charge in [-0.2, -0.15) is 0 Å². The van der Waals surface area contributed by atoms with Gasteiger partial charge in [0, 0.05) is 11.1 Å². The first-order chi connectivity index (χ1) is 11.5. The smallest absolute Gasteiger partial charge is 0.338 e. The summed E-state index contributed by atoms with van der Waals surface area (Å²) in [5, 5.41) is 8.46. The molecule has 24 heavy (non-hydrogen) atoms. The van der Waals surface area contributed by atoms with E-state index in [4.69, 9.17) is 9.84 Å². The van der Waals surface area contributed by atoms with Crippen LogP contribution in [0.4, 0.5) is 0 Å². The maximum atomic E-state index is 11.1. The summed E-state index contributed by atoms with van der Waals surface area (Å²) in [7, 11) is 0. The molecule has 124 valence electrons. The molecule has 0 bridgehead atoms. The Bertz CT molecular complexity index is 701. The standard InChI is InChI=1S/C10H10O3.C8H6O3/c1-2-13-10(12)9-5-3-8(7-11)4-6-9;9-5-6-1-3-7(4-2-6)8(10)11/h3-7H,2H2,1H3;1-5H,(H,10,11). The third kappa shape index (κ3) is 5.84. The van der Waals surface area contributed by atoms with Crippen molar-refractivity contribution < 1.29 is 29.0 Å². The van der Waals surface area contributed by atoms with Crippen LogP contribution in [0.15, 0.2) is 48.5 Å². The van der Waals surface area contributed by atoms with Crippen LogP contribution in [0.2, 0.25) is 0 Å². The second-order valence-electron chi connectivity index (χ2n) is 4.51. The van der Waals surface area contributed by atoms with Crippen LogP contribution in [-0.2, 0) is 4.74 Å². The highest BCUT2D eigenvalue weighted by molar-refractivity contribution is 5.90. The minimum absolute atomic E-state index is 0.190. The Kier molecular flexibility index (Phi) is 7.57. The van der Waals surface area contributed by atoms with Crippen LogP contribution in [0.25, 0.3) is 0 Å². The normalized spacial score (nSPS) is 9.21. The lowest BCUT2D eigenvalue weighted by Crippen LogP contribution is -2.04. The highest BCUT2D eigenvalue weighted by Crippen LogP contribution is 2.04. The van der Waals surface area contributed by atoms with Gasteiger partial charge in [-0.25, -0.2) is 9.59 Å². The number of aromatic carboxylic acids is 1. The van der Waals surface area contributed by atoms with Crippen molar-refractivity contribution in [3.63, 3.8) is 0 Å². The number of esters is 1. The second-order valence-corrected chi connectivity index (χ2v) is 4.51. The van der Waals surface area contributed by atoms with Gasteiger partial charge in [-0.3, -0.25) is 9.59 Å². The molecule has 6 nitrogen and oxygen atoms in total. The first-order valence-electron chi connectivity index (χ1n) is 7.02. The lowest BCUT2D eigenvalue weighted by Gasteiger charge is -2.00. The SMILES string of the molecule is CCOC(=O)c1ccc(C=O)cc1.O=Cc1ccc(C(=O)O)cc1. The molecule has 0 heterocycles. The molecule has 0 spiro atoms. The van der Waals surface area contributed by atoms with Gasteiger partial charge in [-0.05, 0) is 31.2 Å². The van der Waals surface area contributed by atoms with E-state index in [2.05, 4.69) is 0 Å². The van der Waals surface area contributed by atoms with Gasteiger partial charge in [0.05, 0.1) is 17.7 Å². The fourth-order valence-corrected chi connectivity index (χ4v) is 1.62. The minimum Gasteiger partial charge on any atom is -0.478 e. The predicted molar refractivity (Wildman–Crippen MR) is 86.6 cm³/mol. The summed E-state index contributed by atoms with van der Waals surface area (Å²) in [5.74, 6) is -1.35. The van der Waals surface area contributed by atoms with Crippen molar-refractivity contribution in [3.8, 4) is 0 Å². The molecule has 0 saturated heterocycles. The number of ether oxygens (including phenoxy) is 1. The Hall–Kier alpha value is -3.28. The van der Waals surface area contributed by atoms with Crippen molar-refractivity contribution in [3.05, 3.63) is 70.8 Å². The quantitative estimate of drug-likeness (QED) is 0.669. The van der Waals surface area contributed by atoms with Crippen molar-refractivity contribution in [2.24, 2.45) is 0 Å². The third-order valence-corrected chi connectivity index (χ3v) is 2.85. The summed E-state index contributed by atoms with van der Waals surface area (Å²) >= 11 is 0. The van der Waals surface area contributed by atoms with Crippen LogP contribution in [-0.4, -0.2) is 36.2 Å². The van der Waals surface area contributed by atoms with Crippen LogP contribution >= 0.6 is 0 Å². The monoisotopic (exact) mass is 328 g/mol. The van der Waals surface area contributed by atoms with Gasteiger partial charge in [-0.1, -0.05) is 24.3 Å². The molecule has 0 atom stereocenters. The first-order valence-corrected chi connectivity index (χ1v) is 7.02. The molecule has 0 aromatic heterocycles. The molecular formula is C18H16O6. The highest BCUT2D eigenvalue weighted by Gasteiger charge is 2.04. The van der Waals surface area contributed by atoms with E-state index >= 15 is 0 Å². The number of carboxylic acids is 1. The molecule has 1 N–H and O–H groups in total. The highest BCUT2D eigenvalue weighted by atomic mass is 16.5. The van der Waals surface area contributed by atoms with Crippen LogP contribution in [0.1, 0.15) is 48.4 Å². The largest absolute Gasteiger partial charge is 0.478 e. The van der Waals surface area contributed by atoms with E-state index in [1.165, 1.54) is 24.3 Å². The zero-order chi connectivity index (χ0) is 17.9. The summed E-state index contributed by atoms with van der Waals surface area (Å²) in [5.41, 5.74) is 1.69. The van der Waals surface area contributed by atoms with Gasteiger partial charge >= 0.3 is 11.9 Å². The molecule has 0 aliphatic carbocycles. The Morgan fingerprint density at radius 2 is 1.29 bits per heavy atom. The van der Waals surface area contributed by atoms with E-state index in [-0.39, 0.29) is 11.5 Å². The average molecular weight is 328 g/mol. The molecular weight excluding hydrogens is 312 g/mol. The van der Waals surface area contributed by atoms with Gasteiger partial charge in [0.15, 0.2) is 0 Å². The number of carbonyl (C=O) groups is 4. The number of aldehydes is 2. The molecule has 0 fully saturated rings. The van der Waals surface area contributed by atoms with Crippen LogP contribution in [0.3, 0.4) is 0 Å². The molecule has 0 radical (unpaired) electrons. The van der Waals surface area contributed by atoms with Crippen LogP contribution in [0.5, 0.6) is 0 Å². The Balaban J connectivity index is 0.000000243.